The van der Waals surface area contributed by atoms with Gasteiger partial charge in [0, 0.05) is 24.3 Å². The second kappa shape index (κ2) is 8.29. The fraction of sp³-hybridized carbons (Fsp3) is 0.579. The summed E-state index contributed by atoms with van der Waals surface area (Å²) >= 11 is 0. The zero-order chi connectivity index (χ0) is 17.7. The zero-order valence-electron chi connectivity index (χ0n) is 15.1. The number of rotatable bonds is 5. The molecule has 5 nitrogen and oxygen atoms in total. The monoisotopic (exact) mass is 331 g/mol. The van der Waals surface area contributed by atoms with E-state index in [0.717, 1.165) is 17.8 Å². The molecule has 2 amide bonds. The molecule has 5 heteroatoms. The van der Waals surface area contributed by atoms with Gasteiger partial charge >= 0.3 is 0 Å². The molecule has 132 valence electrons. The molecule has 0 unspecified atom stereocenters. The van der Waals surface area contributed by atoms with Crippen molar-refractivity contribution in [1.29, 1.82) is 0 Å². The molecule has 1 aromatic carbocycles. The summed E-state index contributed by atoms with van der Waals surface area (Å²) in [5.74, 6) is 1.15. The first-order valence-electron chi connectivity index (χ1n) is 8.81. The first-order chi connectivity index (χ1) is 11.4. The Balaban J connectivity index is 1.88. The van der Waals surface area contributed by atoms with Crippen LogP contribution in [0.4, 0.5) is 11.4 Å². The summed E-state index contributed by atoms with van der Waals surface area (Å²) in [7, 11) is 0. The number of carbonyl (C=O) groups excluding carboxylic acids is 2. The Morgan fingerprint density at radius 3 is 2.21 bits per heavy atom. The van der Waals surface area contributed by atoms with Crippen LogP contribution in [-0.2, 0) is 9.59 Å². The highest BCUT2D eigenvalue weighted by Gasteiger charge is 2.29. The van der Waals surface area contributed by atoms with Gasteiger partial charge in [0.25, 0.3) is 0 Å². The smallest absolute Gasteiger partial charge is 0.241 e. The Labute approximate surface area is 144 Å². The number of benzene rings is 1. The van der Waals surface area contributed by atoms with Gasteiger partial charge in [-0.3, -0.25) is 9.59 Å². The Morgan fingerprint density at radius 2 is 1.62 bits per heavy atom. The fourth-order valence-corrected chi connectivity index (χ4v) is 3.30. The van der Waals surface area contributed by atoms with Gasteiger partial charge in [0.05, 0.1) is 6.04 Å². The van der Waals surface area contributed by atoms with E-state index < -0.39 is 0 Å². The second-order valence-corrected chi connectivity index (χ2v) is 7.01. The predicted molar refractivity (Wildman–Crippen MR) is 97.9 cm³/mol. The number of carbonyl (C=O) groups is 2. The topological polar surface area (TPSA) is 70.2 Å². The third-order valence-electron chi connectivity index (χ3n) is 5.04. The summed E-state index contributed by atoms with van der Waals surface area (Å²) < 4.78 is 0. The summed E-state index contributed by atoms with van der Waals surface area (Å²) in [6.45, 7) is 7.94. The van der Waals surface area contributed by atoms with E-state index in [-0.39, 0.29) is 17.9 Å². The number of anilines is 2. The Morgan fingerprint density at radius 1 is 1.04 bits per heavy atom. The Kier molecular flexibility index (Phi) is 6.37. The minimum atomic E-state index is -0.238. The van der Waals surface area contributed by atoms with Gasteiger partial charge in [-0.15, -0.1) is 0 Å². The van der Waals surface area contributed by atoms with Crippen molar-refractivity contribution in [3.8, 4) is 0 Å². The first-order valence-corrected chi connectivity index (χ1v) is 8.81. The first kappa shape index (κ1) is 18.5. The summed E-state index contributed by atoms with van der Waals surface area (Å²) in [6, 6.07) is 7.30. The third kappa shape index (κ3) is 5.06. The van der Waals surface area contributed by atoms with Gasteiger partial charge in [0.15, 0.2) is 0 Å². The largest absolute Gasteiger partial charge is 0.326 e. The van der Waals surface area contributed by atoms with Gasteiger partial charge in [-0.1, -0.05) is 26.7 Å². The Hall–Kier alpha value is -1.88. The zero-order valence-corrected chi connectivity index (χ0v) is 15.1. The van der Waals surface area contributed by atoms with E-state index >= 15 is 0 Å². The van der Waals surface area contributed by atoms with Crippen LogP contribution in [-0.4, -0.2) is 23.9 Å². The van der Waals surface area contributed by atoms with E-state index in [9.17, 15) is 9.59 Å². The fourth-order valence-electron chi connectivity index (χ4n) is 3.30. The maximum atomic E-state index is 12.4. The van der Waals surface area contributed by atoms with E-state index in [0.29, 0.717) is 17.9 Å². The lowest BCUT2D eigenvalue weighted by Gasteiger charge is -2.36. The van der Waals surface area contributed by atoms with Gasteiger partial charge in [-0.25, -0.2) is 0 Å². The van der Waals surface area contributed by atoms with Gasteiger partial charge in [-0.05, 0) is 49.4 Å². The molecule has 0 radical (unpaired) electrons. The molecule has 1 aliphatic rings. The van der Waals surface area contributed by atoms with Crippen LogP contribution >= 0.6 is 0 Å². The van der Waals surface area contributed by atoms with E-state index in [1.165, 1.54) is 19.8 Å². The molecule has 1 aliphatic carbocycles. The van der Waals surface area contributed by atoms with E-state index in [1.807, 2.05) is 6.92 Å². The van der Waals surface area contributed by atoms with Crippen molar-refractivity contribution in [3.63, 3.8) is 0 Å². The van der Waals surface area contributed by atoms with E-state index in [1.54, 1.807) is 24.3 Å². The second-order valence-electron chi connectivity index (χ2n) is 7.01. The van der Waals surface area contributed by atoms with E-state index in [2.05, 4.69) is 29.8 Å². The van der Waals surface area contributed by atoms with Crippen LogP contribution in [0.1, 0.15) is 47.0 Å². The van der Waals surface area contributed by atoms with Crippen molar-refractivity contribution in [2.24, 2.45) is 11.8 Å². The normalized spacial score (nSPS) is 24.9. The van der Waals surface area contributed by atoms with Crippen molar-refractivity contribution in [3.05, 3.63) is 24.3 Å². The van der Waals surface area contributed by atoms with Crippen LogP contribution in [0, 0.1) is 11.8 Å². The third-order valence-corrected chi connectivity index (χ3v) is 5.04. The van der Waals surface area contributed by atoms with Crippen LogP contribution in [0.15, 0.2) is 24.3 Å². The Bertz CT molecular complexity index is 570. The van der Waals surface area contributed by atoms with Crippen molar-refractivity contribution < 1.29 is 9.59 Å². The molecule has 0 heterocycles. The van der Waals surface area contributed by atoms with Gasteiger partial charge in [0.2, 0.25) is 11.8 Å². The lowest BCUT2D eigenvalue weighted by molar-refractivity contribution is -0.118. The summed E-state index contributed by atoms with van der Waals surface area (Å²) in [6.07, 6.45) is 3.64. The van der Waals surface area contributed by atoms with Crippen molar-refractivity contribution >= 4 is 23.2 Å². The summed E-state index contributed by atoms with van der Waals surface area (Å²) in [5.41, 5.74) is 1.45. The summed E-state index contributed by atoms with van der Waals surface area (Å²) in [4.78, 5) is 23.4. The predicted octanol–water partition coefficient (Wildman–Crippen LogP) is 3.39. The van der Waals surface area contributed by atoms with Crippen molar-refractivity contribution in [2.75, 3.05) is 10.6 Å². The van der Waals surface area contributed by atoms with Gasteiger partial charge in [0.1, 0.15) is 0 Å². The van der Waals surface area contributed by atoms with Crippen molar-refractivity contribution in [2.45, 2.75) is 59.0 Å². The maximum Gasteiger partial charge on any atom is 0.241 e. The molecule has 1 saturated carbocycles. The highest BCUT2D eigenvalue weighted by Crippen LogP contribution is 2.29. The average Bonchev–Trinajstić information content (AvgIpc) is 2.53. The molecule has 24 heavy (non-hydrogen) atoms. The number of amides is 2. The quantitative estimate of drug-likeness (QED) is 0.774. The molecule has 0 saturated heterocycles. The molecule has 3 N–H and O–H groups in total. The molecule has 1 aromatic rings. The molecule has 1 fully saturated rings. The molecule has 0 aliphatic heterocycles. The lowest BCUT2D eigenvalue weighted by atomic mass is 9.78. The number of hydrogen-bond acceptors (Lipinski definition) is 3. The molecule has 4 atom stereocenters. The van der Waals surface area contributed by atoms with Crippen LogP contribution in [0.5, 0.6) is 0 Å². The number of hydrogen-bond donors (Lipinski definition) is 3. The van der Waals surface area contributed by atoms with Crippen LogP contribution < -0.4 is 16.0 Å². The molecular weight excluding hydrogens is 302 g/mol. The highest BCUT2D eigenvalue weighted by molar-refractivity contribution is 5.95. The lowest BCUT2D eigenvalue weighted by Crippen LogP contribution is -2.49. The van der Waals surface area contributed by atoms with Crippen molar-refractivity contribution in [1.82, 2.24) is 5.32 Å². The van der Waals surface area contributed by atoms with E-state index in [4.69, 9.17) is 0 Å². The average molecular weight is 331 g/mol. The molecular formula is C19H29N3O2. The SMILES string of the molecule is CC(=O)Nc1ccc(NC(=O)[C@H](C)N[C@@H]2CCC[C@H](C)[C@H]2C)cc1. The minimum Gasteiger partial charge on any atom is -0.326 e. The summed E-state index contributed by atoms with van der Waals surface area (Å²) in [5, 5.41) is 9.12. The van der Waals surface area contributed by atoms with Crippen LogP contribution in [0.2, 0.25) is 0 Å². The van der Waals surface area contributed by atoms with Crippen LogP contribution in [0.3, 0.4) is 0 Å². The van der Waals surface area contributed by atoms with Gasteiger partial charge < -0.3 is 16.0 Å². The maximum absolute atomic E-state index is 12.4. The standard InChI is InChI=1S/C19H29N3O2/c1-12-6-5-7-18(13(12)2)20-14(3)19(24)22-17-10-8-16(9-11-17)21-15(4)23/h8-14,18,20H,5-7H2,1-4H3,(H,21,23)(H,22,24)/t12-,13+,14-,18+/m0/s1. The molecule has 0 aromatic heterocycles. The molecule has 2 rings (SSSR count). The minimum absolute atomic E-state index is 0.0345. The van der Waals surface area contributed by atoms with Crippen LogP contribution in [0.25, 0.3) is 0 Å². The highest BCUT2D eigenvalue weighted by atomic mass is 16.2. The molecule has 0 bridgehead atoms. The number of nitrogens with one attached hydrogen (secondary N) is 3. The molecule has 0 spiro atoms. The van der Waals surface area contributed by atoms with Gasteiger partial charge in [-0.2, -0.15) is 0 Å².